The number of halogens is 3. The van der Waals surface area contributed by atoms with Gasteiger partial charge in [-0.25, -0.2) is 5.43 Å². The number of hydrogen-bond acceptors (Lipinski definition) is 3. The van der Waals surface area contributed by atoms with Gasteiger partial charge in [-0.2, -0.15) is 18.3 Å². The average molecular weight is 417 g/mol. The molecular weight excluding hydrogens is 391 g/mol. The number of hydrogen-bond donors (Lipinski definition) is 1. The fourth-order valence-electron chi connectivity index (χ4n) is 3.94. The largest absolute Gasteiger partial charge is 0.416 e. The predicted octanol–water partition coefficient (Wildman–Crippen LogP) is 5.12. The van der Waals surface area contributed by atoms with Gasteiger partial charge in [-0.15, -0.1) is 0 Å². The molecular formula is C23H26F3N3O. The number of hydrazone groups is 1. The molecule has 30 heavy (non-hydrogen) atoms. The van der Waals surface area contributed by atoms with Gasteiger partial charge in [0.15, 0.2) is 0 Å². The molecule has 0 unspecified atom stereocenters. The van der Waals surface area contributed by atoms with E-state index in [4.69, 9.17) is 0 Å². The van der Waals surface area contributed by atoms with E-state index < -0.39 is 17.6 Å². The molecule has 7 heteroatoms. The van der Waals surface area contributed by atoms with Crippen LogP contribution in [-0.4, -0.2) is 24.7 Å². The van der Waals surface area contributed by atoms with Gasteiger partial charge >= 0.3 is 6.18 Å². The molecule has 3 rings (SSSR count). The van der Waals surface area contributed by atoms with Crippen LogP contribution in [0.25, 0.3) is 0 Å². The lowest BCUT2D eigenvalue weighted by atomic mass is 9.80. The molecule has 1 atom stereocenters. The quantitative estimate of drug-likeness (QED) is 0.554. The van der Waals surface area contributed by atoms with E-state index in [1.807, 2.05) is 6.07 Å². The Morgan fingerprint density at radius 3 is 2.70 bits per heavy atom. The first-order chi connectivity index (χ1) is 14.0. The van der Waals surface area contributed by atoms with Crippen LogP contribution in [-0.2, 0) is 17.4 Å². The molecule has 0 radical (unpaired) electrons. The summed E-state index contributed by atoms with van der Waals surface area (Å²) in [7, 11) is 2.09. The molecule has 1 aliphatic rings. The Morgan fingerprint density at radius 2 is 2.00 bits per heavy atom. The summed E-state index contributed by atoms with van der Waals surface area (Å²) in [5.41, 5.74) is 5.26. The number of benzene rings is 2. The van der Waals surface area contributed by atoms with Crippen molar-refractivity contribution in [2.75, 3.05) is 11.9 Å². The molecule has 1 N–H and O–H groups in total. The molecule has 1 heterocycles. The van der Waals surface area contributed by atoms with Crippen molar-refractivity contribution in [3.8, 4) is 0 Å². The zero-order valence-electron chi connectivity index (χ0n) is 17.5. The molecule has 2 aromatic carbocycles. The Balaban J connectivity index is 1.65. The van der Waals surface area contributed by atoms with Crippen molar-refractivity contribution >= 4 is 17.8 Å². The standard InChI is InChI=1S/C23H26F3N3O/c1-15-13-22(2,3)29(4)20-9-8-17(11-19(15)20)14-27-28-21(30)12-16-6-5-7-18(10-16)23(24,25)26/h5-11,14-15H,12-13H2,1-4H3,(H,28,30)/b27-14+/t15-/m1/s1. The number of nitrogens with zero attached hydrogens (tertiary/aromatic N) is 2. The maximum absolute atomic E-state index is 12.8. The first kappa shape index (κ1) is 21.9. The van der Waals surface area contributed by atoms with Crippen molar-refractivity contribution in [2.45, 2.75) is 51.2 Å². The molecule has 1 amide bonds. The summed E-state index contributed by atoms with van der Waals surface area (Å²) < 4.78 is 38.3. The second-order valence-corrected chi connectivity index (χ2v) is 8.46. The van der Waals surface area contributed by atoms with Gasteiger partial charge in [0.2, 0.25) is 5.91 Å². The lowest BCUT2D eigenvalue weighted by Gasteiger charge is -2.45. The first-order valence-corrected chi connectivity index (χ1v) is 9.83. The highest BCUT2D eigenvalue weighted by Crippen LogP contribution is 2.42. The molecule has 160 valence electrons. The summed E-state index contributed by atoms with van der Waals surface area (Å²) in [6.07, 6.45) is -2.03. The van der Waals surface area contributed by atoms with Crippen LogP contribution in [0.1, 0.15) is 55.4 Å². The Labute approximate surface area is 174 Å². The van der Waals surface area contributed by atoms with Crippen LogP contribution in [0.3, 0.4) is 0 Å². The van der Waals surface area contributed by atoms with E-state index in [2.05, 4.69) is 55.4 Å². The summed E-state index contributed by atoms with van der Waals surface area (Å²) in [5.74, 6) is -0.0755. The van der Waals surface area contributed by atoms with E-state index in [0.717, 1.165) is 24.1 Å². The number of fused-ring (bicyclic) bond motifs is 1. The van der Waals surface area contributed by atoms with Gasteiger partial charge in [-0.05, 0) is 61.1 Å². The van der Waals surface area contributed by atoms with E-state index in [0.29, 0.717) is 5.92 Å². The molecule has 1 aliphatic heterocycles. The fraction of sp³-hybridized carbons (Fsp3) is 0.391. The SMILES string of the molecule is C[C@@H]1CC(C)(C)N(C)c2ccc(/C=N/NC(=O)Cc3cccc(C(F)(F)F)c3)cc21. The van der Waals surface area contributed by atoms with Crippen LogP contribution >= 0.6 is 0 Å². The normalized spacial score (nSPS) is 18.4. The third-order valence-electron chi connectivity index (χ3n) is 5.68. The molecule has 0 aliphatic carbocycles. The molecule has 0 fully saturated rings. The Bertz CT molecular complexity index is 966. The number of rotatable bonds is 4. The predicted molar refractivity (Wildman–Crippen MR) is 113 cm³/mol. The van der Waals surface area contributed by atoms with E-state index in [1.165, 1.54) is 23.4 Å². The number of carbonyl (C=O) groups is 1. The minimum atomic E-state index is -4.43. The van der Waals surface area contributed by atoms with E-state index in [1.54, 1.807) is 6.21 Å². The summed E-state index contributed by atoms with van der Waals surface area (Å²) in [5, 5.41) is 3.97. The summed E-state index contributed by atoms with van der Waals surface area (Å²) in [4.78, 5) is 14.3. The molecule has 0 saturated heterocycles. The highest BCUT2D eigenvalue weighted by molar-refractivity contribution is 5.84. The smallest absolute Gasteiger partial charge is 0.369 e. The van der Waals surface area contributed by atoms with Gasteiger partial charge in [0.1, 0.15) is 0 Å². The second kappa shape index (κ2) is 8.13. The van der Waals surface area contributed by atoms with E-state index in [9.17, 15) is 18.0 Å². The van der Waals surface area contributed by atoms with E-state index >= 15 is 0 Å². The summed E-state index contributed by atoms with van der Waals surface area (Å²) in [6, 6.07) is 10.8. The van der Waals surface area contributed by atoms with Crippen molar-refractivity contribution in [3.63, 3.8) is 0 Å². The monoisotopic (exact) mass is 417 g/mol. The maximum atomic E-state index is 12.8. The molecule has 2 aromatic rings. The van der Waals surface area contributed by atoms with Crippen molar-refractivity contribution in [2.24, 2.45) is 5.10 Å². The van der Waals surface area contributed by atoms with Crippen molar-refractivity contribution in [3.05, 3.63) is 64.7 Å². The third kappa shape index (κ3) is 4.83. The molecule has 0 bridgehead atoms. The second-order valence-electron chi connectivity index (χ2n) is 8.46. The number of amides is 1. The van der Waals surface area contributed by atoms with Crippen molar-refractivity contribution < 1.29 is 18.0 Å². The van der Waals surface area contributed by atoms with Crippen LogP contribution < -0.4 is 10.3 Å². The number of alkyl halides is 3. The minimum absolute atomic E-state index is 0.0828. The Kier molecular flexibility index (Phi) is 5.92. The van der Waals surface area contributed by atoms with Gasteiger partial charge in [-0.1, -0.05) is 31.2 Å². The first-order valence-electron chi connectivity index (χ1n) is 9.83. The highest BCUT2D eigenvalue weighted by atomic mass is 19.4. The van der Waals surface area contributed by atoms with Gasteiger partial charge in [0.05, 0.1) is 18.2 Å². The van der Waals surface area contributed by atoms with Crippen LogP contribution in [0.4, 0.5) is 18.9 Å². The van der Waals surface area contributed by atoms with Crippen LogP contribution in [0.2, 0.25) is 0 Å². The molecule has 0 saturated carbocycles. The third-order valence-corrected chi connectivity index (χ3v) is 5.68. The lowest BCUT2D eigenvalue weighted by Crippen LogP contribution is -2.45. The maximum Gasteiger partial charge on any atom is 0.416 e. The zero-order valence-corrected chi connectivity index (χ0v) is 17.5. The Hall–Kier alpha value is -2.83. The topological polar surface area (TPSA) is 44.7 Å². The zero-order chi connectivity index (χ0) is 22.1. The van der Waals surface area contributed by atoms with Gasteiger partial charge in [0, 0.05) is 18.3 Å². The van der Waals surface area contributed by atoms with Crippen LogP contribution in [0.15, 0.2) is 47.6 Å². The summed E-state index contributed by atoms with van der Waals surface area (Å²) >= 11 is 0. The summed E-state index contributed by atoms with van der Waals surface area (Å²) in [6.45, 7) is 6.65. The fourth-order valence-corrected chi connectivity index (χ4v) is 3.94. The van der Waals surface area contributed by atoms with Gasteiger partial charge in [-0.3, -0.25) is 4.79 Å². The number of nitrogens with one attached hydrogen (secondary N) is 1. The lowest BCUT2D eigenvalue weighted by molar-refractivity contribution is -0.137. The van der Waals surface area contributed by atoms with Crippen molar-refractivity contribution in [1.29, 1.82) is 0 Å². The molecule has 0 spiro atoms. The highest BCUT2D eigenvalue weighted by Gasteiger charge is 2.34. The van der Waals surface area contributed by atoms with Crippen molar-refractivity contribution in [1.82, 2.24) is 5.43 Å². The Morgan fingerprint density at radius 1 is 1.27 bits per heavy atom. The molecule has 0 aromatic heterocycles. The van der Waals surface area contributed by atoms with Crippen LogP contribution in [0.5, 0.6) is 0 Å². The molecule has 4 nitrogen and oxygen atoms in total. The number of carbonyl (C=O) groups excluding carboxylic acids is 1. The van der Waals surface area contributed by atoms with Crippen LogP contribution in [0, 0.1) is 0 Å². The van der Waals surface area contributed by atoms with E-state index in [-0.39, 0.29) is 17.5 Å². The average Bonchev–Trinajstić information content (AvgIpc) is 2.65. The van der Waals surface area contributed by atoms with Gasteiger partial charge < -0.3 is 4.90 Å². The minimum Gasteiger partial charge on any atom is -0.369 e. The van der Waals surface area contributed by atoms with Gasteiger partial charge in [0.25, 0.3) is 0 Å². The number of anilines is 1.